The van der Waals surface area contributed by atoms with Crippen molar-refractivity contribution in [1.82, 2.24) is 4.90 Å². The Balaban J connectivity index is 1.32. The van der Waals surface area contributed by atoms with E-state index in [2.05, 4.69) is 12.2 Å². The van der Waals surface area contributed by atoms with E-state index in [1.165, 1.54) is 21.8 Å². The smallest absolute Gasteiger partial charge is 0.341 e. The normalized spacial score (nSPS) is 12.5. The molecular formula is C29H30N2O5S. The first-order valence-electron chi connectivity index (χ1n) is 12.6. The molecule has 8 heteroatoms. The number of carbonyl (C=O) groups excluding carboxylic acids is 4. The van der Waals surface area contributed by atoms with Gasteiger partial charge in [-0.05, 0) is 49.4 Å². The number of rotatable bonds is 11. The molecule has 0 fully saturated rings. The van der Waals surface area contributed by atoms with Crippen molar-refractivity contribution in [3.8, 4) is 11.1 Å². The molecular weight excluding hydrogens is 488 g/mol. The zero-order valence-electron chi connectivity index (χ0n) is 21.0. The second kappa shape index (κ2) is 12.0. The quantitative estimate of drug-likeness (QED) is 0.192. The van der Waals surface area contributed by atoms with Crippen LogP contribution in [-0.2, 0) is 16.0 Å². The summed E-state index contributed by atoms with van der Waals surface area (Å²) in [5.74, 6) is -1.18. The van der Waals surface area contributed by atoms with Crippen LogP contribution in [0, 0.1) is 0 Å². The molecule has 0 bridgehead atoms. The lowest BCUT2D eigenvalue weighted by molar-refractivity contribution is -0.116. The predicted molar refractivity (Wildman–Crippen MR) is 144 cm³/mol. The number of hydrogen-bond donors (Lipinski definition) is 1. The topological polar surface area (TPSA) is 92.8 Å². The van der Waals surface area contributed by atoms with Crippen molar-refractivity contribution in [2.24, 2.45) is 0 Å². The van der Waals surface area contributed by atoms with E-state index in [-0.39, 0.29) is 30.7 Å². The number of aryl methyl sites for hydroxylation is 1. The van der Waals surface area contributed by atoms with Gasteiger partial charge in [0.15, 0.2) is 0 Å². The minimum absolute atomic E-state index is 0.194. The van der Waals surface area contributed by atoms with Crippen molar-refractivity contribution in [1.29, 1.82) is 0 Å². The number of amides is 3. The molecule has 0 radical (unpaired) electrons. The molecule has 0 aliphatic carbocycles. The highest BCUT2D eigenvalue weighted by Gasteiger charge is 2.34. The summed E-state index contributed by atoms with van der Waals surface area (Å²) < 4.78 is 5.27. The summed E-state index contributed by atoms with van der Waals surface area (Å²) in [5.41, 5.74) is 4.09. The summed E-state index contributed by atoms with van der Waals surface area (Å²) in [6.45, 7) is 4.40. The second-order valence-corrected chi connectivity index (χ2v) is 9.67. The molecule has 192 valence electrons. The van der Waals surface area contributed by atoms with Crippen molar-refractivity contribution in [2.45, 2.75) is 46.0 Å². The van der Waals surface area contributed by atoms with Crippen LogP contribution in [0.1, 0.15) is 76.2 Å². The minimum atomic E-state index is -0.463. The van der Waals surface area contributed by atoms with Crippen molar-refractivity contribution in [2.75, 3.05) is 18.5 Å². The van der Waals surface area contributed by atoms with Crippen molar-refractivity contribution >= 4 is 40.0 Å². The maximum atomic E-state index is 12.8. The van der Waals surface area contributed by atoms with E-state index in [0.717, 1.165) is 17.5 Å². The van der Waals surface area contributed by atoms with Gasteiger partial charge in [-0.25, -0.2) is 4.79 Å². The van der Waals surface area contributed by atoms with E-state index < -0.39 is 5.97 Å². The molecule has 4 rings (SSSR count). The molecule has 1 aliphatic heterocycles. The van der Waals surface area contributed by atoms with Crippen LogP contribution < -0.4 is 5.32 Å². The third kappa shape index (κ3) is 5.80. The number of carbonyl (C=O) groups is 4. The fraction of sp³-hybridized carbons (Fsp3) is 0.310. The Kier molecular flexibility index (Phi) is 8.50. The largest absolute Gasteiger partial charge is 0.462 e. The minimum Gasteiger partial charge on any atom is -0.462 e. The standard InChI is InChI=1S/C29H30N2O5S/c1-3-19-13-15-20(16-14-19)23-18-37-26(25(23)29(35)36-4-2)30-24(32)12-6-5-9-17-31-27(33)21-10-7-8-11-22(21)28(31)34/h7-8,10-11,13-16,18H,3-6,9,12,17H2,1-2H3,(H,30,32). The lowest BCUT2D eigenvalue weighted by atomic mass is 10.0. The van der Waals surface area contributed by atoms with Crippen molar-refractivity contribution < 1.29 is 23.9 Å². The number of imide groups is 1. The number of fused-ring (bicyclic) bond motifs is 1. The molecule has 2 aromatic carbocycles. The monoisotopic (exact) mass is 518 g/mol. The Morgan fingerprint density at radius 2 is 1.57 bits per heavy atom. The Morgan fingerprint density at radius 3 is 2.19 bits per heavy atom. The van der Waals surface area contributed by atoms with Gasteiger partial charge in [-0.1, -0.05) is 49.7 Å². The zero-order chi connectivity index (χ0) is 26.4. The van der Waals surface area contributed by atoms with Crippen LogP contribution in [0.5, 0.6) is 0 Å². The molecule has 1 aromatic heterocycles. The number of benzene rings is 2. The van der Waals surface area contributed by atoms with Gasteiger partial charge in [0, 0.05) is 23.9 Å². The first kappa shape index (κ1) is 26.3. The average Bonchev–Trinajstić information content (AvgIpc) is 3.43. The SMILES string of the molecule is CCOC(=O)c1c(-c2ccc(CC)cc2)csc1NC(=O)CCCCCN1C(=O)c2ccccc2C1=O. The summed E-state index contributed by atoms with van der Waals surface area (Å²) in [7, 11) is 0. The van der Waals surface area contributed by atoms with Crippen LogP contribution in [0.3, 0.4) is 0 Å². The second-order valence-electron chi connectivity index (χ2n) is 8.79. The fourth-order valence-electron chi connectivity index (χ4n) is 4.35. The molecule has 0 spiro atoms. The van der Waals surface area contributed by atoms with Crippen LogP contribution in [0.2, 0.25) is 0 Å². The highest BCUT2D eigenvalue weighted by atomic mass is 32.1. The number of thiophene rings is 1. The van der Waals surface area contributed by atoms with Gasteiger partial charge in [-0.3, -0.25) is 19.3 Å². The molecule has 0 unspecified atom stereocenters. The van der Waals surface area contributed by atoms with Crippen molar-refractivity contribution in [3.05, 3.63) is 76.2 Å². The molecule has 7 nitrogen and oxygen atoms in total. The lowest BCUT2D eigenvalue weighted by Gasteiger charge is -2.13. The summed E-state index contributed by atoms with van der Waals surface area (Å²) in [4.78, 5) is 51.6. The van der Waals surface area contributed by atoms with Gasteiger partial charge < -0.3 is 10.1 Å². The Bertz CT molecular complexity index is 1280. The van der Waals surface area contributed by atoms with E-state index in [1.807, 2.05) is 29.6 Å². The molecule has 3 amide bonds. The Labute approximate surface area is 220 Å². The van der Waals surface area contributed by atoms with E-state index in [1.54, 1.807) is 31.2 Å². The van der Waals surface area contributed by atoms with Crippen molar-refractivity contribution in [3.63, 3.8) is 0 Å². The summed E-state index contributed by atoms with van der Waals surface area (Å²) in [6.07, 6.45) is 3.09. The van der Waals surface area contributed by atoms with E-state index >= 15 is 0 Å². The van der Waals surface area contributed by atoms with E-state index in [4.69, 9.17) is 4.74 Å². The van der Waals surface area contributed by atoms with Crippen LogP contribution >= 0.6 is 11.3 Å². The summed E-state index contributed by atoms with van der Waals surface area (Å²) in [5, 5.41) is 5.22. The molecule has 2 heterocycles. The number of unbranched alkanes of at least 4 members (excludes halogenated alkanes) is 2. The first-order chi connectivity index (χ1) is 17.9. The molecule has 1 N–H and O–H groups in total. The first-order valence-corrected chi connectivity index (χ1v) is 13.5. The van der Waals surface area contributed by atoms with Gasteiger partial charge in [0.2, 0.25) is 5.91 Å². The van der Waals surface area contributed by atoms with Gasteiger partial charge in [0.1, 0.15) is 10.6 Å². The van der Waals surface area contributed by atoms with Gasteiger partial charge in [-0.15, -0.1) is 11.3 Å². The number of nitrogens with one attached hydrogen (secondary N) is 1. The fourth-order valence-corrected chi connectivity index (χ4v) is 5.33. The number of anilines is 1. The third-order valence-corrected chi connectivity index (χ3v) is 7.26. The number of esters is 1. The average molecular weight is 519 g/mol. The summed E-state index contributed by atoms with van der Waals surface area (Å²) in [6, 6.07) is 14.8. The van der Waals surface area contributed by atoms with Gasteiger partial charge in [0.25, 0.3) is 11.8 Å². The molecule has 0 saturated heterocycles. The molecule has 0 saturated carbocycles. The Hall–Kier alpha value is -3.78. The van der Waals surface area contributed by atoms with E-state index in [0.29, 0.717) is 47.5 Å². The highest BCUT2D eigenvalue weighted by molar-refractivity contribution is 7.15. The maximum Gasteiger partial charge on any atom is 0.341 e. The van der Waals surface area contributed by atoms with Gasteiger partial charge in [-0.2, -0.15) is 0 Å². The third-order valence-electron chi connectivity index (χ3n) is 6.36. The number of hydrogen-bond acceptors (Lipinski definition) is 6. The molecule has 3 aromatic rings. The van der Waals surface area contributed by atoms with Gasteiger partial charge in [0.05, 0.1) is 17.7 Å². The zero-order valence-corrected chi connectivity index (χ0v) is 21.9. The van der Waals surface area contributed by atoms with E-state index in [9.17, 15) is 19.2 Å². The van der Waals surface area contributed by atoms with Crippen LogP contribution in [0.4, 0.5) is 5.00 Å². The molecule has 37 heavy (non-hydrogen) atoms. The highest BCUT2D eigenvalue weighted by Crippen LogP contribution is 2.36. The maximum absolute atomic E-state index is 12.8. The van der Waals surface area contributed by atoms with Crippen LogP contribution in [-0.4, -0.2) is 41.7 Å². The Morgan fingerprint density at radius 1 is 0.892 bits per heavy atom. The molecule has 1 aliphatic rings. The lowest BCUT2D eigenvalue weighted by Crippen LogP contribution is -2.30. The summed E-state index contributed by atoms with van der Waals surface area (Å²) >= 11 is 1.30. The van der Waals surface area contributed by atoms with Crippen LogP contribution in [0.15, 0.2) is 53.9 Å². The van der Waals surface area contributed by atoms with Gasteiger partial charge >= 0.3 is 5.97 Å². The molecule has 0 atom stereocenters. The number of nitrogens with zero attached hydrogens (tertiary/aromatic N) is 1. The van der Waals surface area contributed by atoms with Crippen LogP contribution in [0.25, 0.3) is 11.1 Å². The number of ether oxygens (including phenoxy) is 1. The predicted octanol–water partition coefficient (Wildman–Crippen LogP) is 5.95.